The monoisotopic (exact) mass is 447 g/mol. The molecule has 0 fully saturated rings. The van der Waals surface area contributed by atoms with Crippen molar-refractivity contribution >= 4 is 66.3 Å². The zero-order valence-corrected chi connectivity index (χ0v) is 17.6. The molecule has 4 rings (SSSR count). The number of hydrogen-bond donors (Lipinski definition) is 0. The normalized spacial score (nSPS) is 12.1. The molecule has 0 atom stereocenters. The van der Waals surface area contributed by atoms with Crippen LogP contribution in [0, 0.1) is 15.9 Å². The number of thiophene rings is 1. The van der Waals surface area contributed by atoms with Gasteiger partial charge in [-0.2, -0.15) is 16.8 Å². The second-order valence-electron chi connectivity index (χ2n) is 6.15. The second-order valence-corrected chi connectivity index (χ2v) is 9.23. The van der Waals surface area contributed by atoms with E-state index in [1.54, 1.807) is 30.0 Å². The molecular weight excluding hydrogens is 433 g/mol. The maximum atomic E-state index is 13.6. The van der Waals surface area contributed by atoms with Crippen molar-refractivity contribution in [3.05, 3.63) is 68.1 Å². The number of non-ortho nitro benzene ring substituents is 1. The molecule has 0 bridgehead atoms. The van der Waals surface area contributed by atoms with Crippen molar-refractivity contribution in [2.75, 3.05) is 12.0 Å². The number of aromatic nitrogens is 1. The highest BCUT2D eigenvalue weighted by Gasteiger charge is 2.14. The molecule has 148 valence electrons. The number of thiazole rings is 1. The number of nitro groups is 1. The minimum absolute atomic E-state index is 0.0207. The van der Waals surface area contributed by atoms with Crippen LogP contribution >= 0.6 is 34.4 Å². The maximum absolute atomic E-state index is 13.6. The van der Waals surface area contributed by atoms with Gasteiger partial charge in [0, 0.05) is 34.5 Å². The van der Waals surface area contributed by atoms with Crippen LogP contribution in [0.3, 0.4) is 0 Å². The Morgan fingerprint density at radius 3 is 2.79 bits per heavy atom. The van der Waals surface area contributed by atoms with Gasteiger partial charge in [0.1, 0.15) is 5.82 Å². The van der Waals surface area contributed by atoms with Gasteiger partial charge in [0.25, 0.3) is 11.6 Å². The third-order valence-corrected chi connectivity index (χ3v) is 7.02. The average Bonchev–Trinajstić information content (AvgIpc) is 3.26. The van der Waals surface area contributed by atoms with Gasteiger partial charge < -0.3 is 4.57 Å². The van der Waals surface area contributed by atoms with Gasteiger partial charge in [0.05, 0.1) is 20.0 Å². The number of carbonyl (C=O) groups excluding carboxylic acids is 1. The van der Waals surface area contributed by atoms with Gasteiger partial charge in [-0.15, -0.1) is 11.3 Å². The van der Waals surface area contributed by atoms with E-state index in [9.17, 15) is 19.3 Å². The largest absolute Gasteiger partial charge is 0.316 e. The van der Waals surface area contributed by atoms with Crippen LogP contribution in [-0.4, -0.2) is 27.4 Å². The van der Waals surface area contributed by atoms with Gasteiger partial charge in [0.2, 0.25) is 0 Å². The van der Waals surface area contributed by atoms with Gasteiger partial charge in [-0.3, -0.25) is 14.9 Å². The van der Waals surface area contributed by atoms with Crippen LogP contribution in [0.25, 0.3) is 20.3 Å². The fourth-order valence-corrected chi connectivity index (χ4v) is 5.29. The Labute approximate surface area is 176 Å². The smallest absolute Gasteiger partial charge is 0.289 e. The van der Waals surface area contributed by atoms with Crippen molar-refractivity contribution in [1.29, 1.82) is 0 Å². The fourth-order valence-electron chi connectivity index (χ4n) is 2.92. The van der Waals surface area contributed by atoms with Crippen LogP contribution in [0.1, 0.15) is 9.67 Å². The number of carbonyl (C=O) groups is 1. The zero-order chi connectivity index (χ0) is 20.5. The fraction of sp³-hybridized carbons (Fsp3) is 0.158. The maximum Gasteiger partial charge on any atom is 0.289 e. The first-order valence-electron chi connectivity index (χ1n) is 8.51. The first-order chi connectivity index (χ1) is 14.0. The molecule has 0 aliphatic carbocycles. The topological polar surface area (TPSA) is 77.5 Å². The summed E-state index contributed by atoms with van der Waals surface area (Å²) < 4.78 is 17.0. The molecule has 0 saturated heterocycles. The number of fused-ring (bicyclic) bond motifs is 2. The minimum atomic E-state index is -0.464. The van der Waals surface area contributed by atoms with Crippen LogP contribution in [0.4, 0.5) is 10.1 Å². The van der Waals surface area contributed by atoms with E-state index in [1.165, 1.54) is 46.9 Å². The van der Waals surface area contributed by atoms with E-state index in [-0.39, 0.29) is 11.5 Å². The Hall–Kier alpha value is -2.56. The molecule has 0 saturated carbocycles. The highest BCUT2D eigenvalue weighted by atomic mass is 32.2. The molecule has 2 heterocycles. The molecule has 1 amide bonds. The number of nitro benzene ring substituents is 1. The minimum Gasteiger partial charge on any atom is -0.316 e. The first-order valence-corrected chi connectivity index (χ1v) is 11.5. The molecule has 0 N–H and O–H groups in total. The lowest BCUT2D eigenvalue weighted by Crippen LogP contribution is -2.18. The summed E-state index contributed by atoms with van der Waals surface area (Å²) >= 11 is 4.18. The lowest BCUT2D eigenvalue weighted by molar-refractivity contribution is -0.384. The standard InChI is InChI=1S/C19H14FN3O3S3/c1-27-7-6-22-14-4-2-12(20)10-16(14)29-19(22)21-18(24)17-9-11-8-13(23(25)26)3-5-15(11)28-17/h2-5,8-10H,6-7H2,1H3. The van der Waals surface area contributed by atoms with Gasteiger partial charge in [-0.1, -0.05) is 11.3 Å². The summed E-state index contributed by atoms with van der Waals surface area (Å²) in [5, 5.41) is 11.6. The van der Waals surface area contributed by atoms with Crippen molar-refractivity contribution in [1.82, 2.24) is 4.57 Å². The van der Waals surface area contributed by atoms with Crippen LogP contribution in [0.5, 0.6) is 0 Å². The summed E-state index contributed by atoms with van der Waals surface area (Å²) in [6.45, 7) is 0.650. The first kappa shape index (κ1) is 19.7. The molecule has 2 aromatic heterocycles. The van der Waals surface area contributed by atoms with Gasteiger partial charge in [0.15, 0.2) is 4.80 Å². The van der Waals surface area contributed by atoms with Gasteiger partial charge in [-0.25, -0.2) is 4.39 Å². The molecule has 2 aromatic carbocycles. The average molecular weight is 448 g/mol. The van der Waals surface area contributed by atoms with Crippen molar-refractivity contribution in [3.63, 3.8) is 0 Å². The quantitative estimate of drug-likeness (QED) is 0.316. The van der Waals surface area contributed by atoms with Crippen molar-refractivity contribution in [3.8, 4) is 0 Å². The lowest BCUT2D eigenvalue weighted by atomic mass is 10.2. The van der Waals surface area contributed by atoms with Gasteiger partial charge >= 0.3 is 0 Å². The Kier molecular flexibility index (Phi) is 5.48. The van der Waals surface area contributed by atoms with E-state index in [0.717, 1.165) is 20.7 Å². The number of benzene rings is 2. The summed E-state index contributed by atoms with van der Waals surface area (Å²) in [6, 6.07) is 10.7. The number of aryl methyl sites for hydroxylation is 1. The van der Waals surface area contributed by atoms with E-state index in [4.69, 9.17) is 0 Å². The molecule has 0 aliphatic rings. The molecule has 29 heavy (non-hydrogen) atoms. The molecule has 4 aromatic rings. The highest BCUT2D eigenvalue weighted by Crippen LogP contribution is 2.29. The Bertz CT molecular complexity index is 1320. The predicted molar refractivity (Wildman–Crippen MR) is 117 cm³/mol. The number of nitrogens with zero attached hydrogens (tertiary/aromatic N) is 3. The molecule has 0 spiro atoms. The van der Waals surface area contributed by atoms with Crippen LogP contribution in [-0.2, 0) is 6.54 Å². The molecule has 0 unspecified atom stereocenters. The van der Waals surface area contributed by atoms with Crippen LogP contribution < -0.4 is 4.80 Å². The summed E-state index contributed by atoms with van der Waals surface area (Å²) in [4.78, 5) is 28.5. The second kappa shape index (κ2) is 8.05. The molecular formula is C19H14FN3O3S3. The summed E-state index contributed by atoms with van der Waals surface area (Å²) in [7, 11) is 0. The molecule has 0 radical (unpaired) electrons. The number of rotatable bonds is 5. The predicted octanol–water partition coefficient (Wildman–Crippen LogP) is 5.07. The Morgan fingerprint density at radius 1 is 1.21 bits per heavy atom. The third kappa shape index (κ3) is 3.96. The summed E-state index contributed by atoms with van der Waals surface area (Å²) in [6.07, 6.45) is 1.99. The highest BCUT2D eigenvalue weighted by molar-refractivity contribution is 7.98. The summed E-state index contributed by atoms with van der Waals surface area (Å²) in [5.41, 5.74) is 0.816. The number of halogens is 1. The van der Waals surface area contributed by atoms with Gasteiger partial charge in [-0.05, 0) is 36.6 Å². The SMILES string of the molecule is CSCCn1c(=NC(=O)c2cc3cc([N+](=O)[O-])ccc3s2)sc2cc(F)ccc21. The number of amides is 1. The van der Waals surface area contributed by atoms with E-state index in [2.05, 4.69) is 4.99 Å². The molecule has 10 heteroatoms. The summed E-state index contributed by atoms with van der Waals surface area (Å²) in [5.74, 6) is 0.0791. The van der Waals surface area contributed by atoms with Crippen LogP contribution in [0.15, 0.2) is 47.5 Å². The van der Waals surface area contributed by atoms with E-state index in [1.807, 2.05) is 10.8 Å². The van der Waals surface area contributed by atoms with Crippen molar-refractivity contribution in [2.45, 2.75) is 6.54 Å². The van der Waals surface area contributed by atoms with Crippen LogP contribution in [0.2, 0.25) is 0 Å². The molecule has 6 nitrogen and oxygen atoms in total. The zero-order valence-electron chi connectivity index (χ0n) is 15.1. The Morgan fingerprint density at radius 2 is 2.03 bits per heavy atom. The third-order valence-electron chi connectivity index (χ3n) is 4.28. The molecule has 0 aliphatic heterocycles. The number of hydrogen-bond acceptors (Lipinski definition) is 6. The van der Waals surface area contributed by atoms with E-state index < -0.39 is 10.8 Å². The van der Waals surface area contributed by atoms with E-state index >= 15 is 0 Å². The Balaban J connectivity index is 1.78. The lowest BCUT2D eigenvalue weighted by Gasteiger charge is -2.03. The van der Waals surface area contributed by atoms with Crippen molar-refractivity contribution < 1.29 is 14.1 Å². The van der Waals surface area contributed by atoms with E-state index in [0.29, 0.717) is 21.6 Å². The number of thioether (sulfide) groups is 1. The van der Waals surface area contributed by atoms with Crippen molar-refractivity contribution in [2.24, 2.45) is 4.99 Å².